The van der Waals surface area contributed by atoms with Crippen LogP contribution in [0.4, 0.5) is 11.5 Å². The van der Waals surface area contributed by atoms with Gasteiger partial charge in [0.15, 0.2) is 0 Å². The van der Waals surface area contributed by atoms with Crippen LogP contribution >= 0.6 is 0 Å². The van der Waals surface area contributed by atoms with Gasteiger partial charge in [-0.25, -0.2) is 9.78 Å². The molecule has 21 heavy (non-hydrogen) atoms. The molecule has 1 aliphatic rings. The van der Waals surface area contributed by atoms with E-state index in [4.69, 9.17) is 5.11 Å². The van der Waals surface area contributed by atoms with Crippen molar-refractivity contribution in [2.45, 2.75) is 18.9 Å². The molecule has 0 spiro atoms. The molecule has 0 bridgehead atoms. The number of amides is 1. The molecule has 2 rings (SSSR count). The number of nitrogens with zero attached hydrogens (tertiary/aromatic N) is 3. The molecule has 0 aliphatic carbocycles. The van der Waals surface area contributed by atoms with Gasteiger partial charge in [-0.15, -0.1) is 0 Å². The minimum absolute atomic E-state index is 0.0118. The lowest BCUT2D eigenvalue weighted by molar-refractivity contribution is -0.384. The molecule has 0 radical (unpaired) electrons. The monoisotopic (exact) mass is 294 g/mol. The zero-order valence-corrected chi connectivity index (χ0v) is 11.3. The molecule has 0 aromatic carbocycles. The second-order valence-corrected chi connectivity index (χ2v) is 4.81. The number of carboxylic acids is 1. The highest BCUT2D eigenvalue weighted by molar-refractivity contribution is 5.88. The van der Waals surface area contributed by atoms with E-state index in [1.54, 1.807) is 11.9 Å². The minimum atomic E-state index is -1.28. The van der Waals surface area contributed by atoms with Gasteiger partial charge in [-0.2, -0.15) is 0 Å². The van der Waals surface area contributed by atoms with Crippen molar-refractivity contribution in [3.8, 4) is 0 Å². The fraction of sp³-hybridized carbons (Fsp3) is 0.417. The summed E-state index contributed by atoms with van der Waals surface area (Å²) in [5.41, 5.74) is -0.641. The van der Waals surface area contributed by atoms with Crippen LogP contribution in [0.1, 0.15) is 23.2 Å². The SMILES string of the molecule is CN1CC(Nc2ncc(C(=O)O)cc2[N+](=O)[O-])CCC1=O. The summed E-state index contributed by atoms with van der Waals surface area (Å²) in [5, 5.41) is 22.8. The lowest BCUT2D eigenvalue weighted by Crippen LogP contribution is -2.43. The molecule has 1 unspecified atom stereocenters. The molecule has 1 fully saturated rings. The standard InChI is InChI=1S/C12H14N4O5/c1-15-6-8(2-3-10(15)17)14-11-9(16(20)21)4-7(5-13-11)12(18)19/h4-5,8H,2-3,6H2,1H3,(H,13,14)(H,18,19). The van der Waals surface area contributed by atoms with Gasteiger partial charge in [0.1, 0.15) is 0 Å². The van der Waals surface area contributed by atoms with E-state index in [-0.39, 0.29) is 23.3 Å². The largest absolute Gasteiger partial charge is 0.478 e. The molecule has 2 heterocycles. The number of hydrogen-bond acceptors (Lipinski definition) is 6. The van der Waals surface area contributed by atoms with Crippen LogP contribution in [-0.4, -0.2) is 51.4 Å². The normalized spacial score (nSPS) is 18.4. The number of carbonyl (C=O) groups is 2. The maximum absolute atomic E-state index is 11.4. The van der Waals surface area contributed by atoms with Crippen molar-refractivity contribution in [2.24, 2.45) is 0 Å². The zero-order chi connectivity index (χ0) is 15.6. The van der Waals surface area contributed by atoms with Crippen molar-refractivity contribution in [3.63, 3.8) is 0 Å². The summed E-state index contributed by atoms with van der Waals surface area (Å²) in [4.78, 5) is 37.9. The first-order valence-corrected chi connectivity index (χ1v) is 6.26. The van der Waals surface area contributed by atoms with Gasteiger partial charge >= 0.3 is 11.7 Å². The molecule has 1 aromatic heterocycles. The van der Waals surface area contributed by atoms with Gasteiger partial charge in [-0.3, -0.25) is 14.9 Å². The molecule has 1 saturated heterocycles. The van der Waals surface area contributed by atoms with Crippen LogP contribution in [0, 0.1) is 10.1 Å². The van der Waals surface area contributed by atoms with Crippen molar-refractivity contribution < 1.29 is 19.6 Å². The average Bonchev–Trinajstić information content (AvgIpc) is 2.43. The van der Waals surface area contributed by atoms with E-state index in [0.29, 0.717) is 19.4 Å². The number of rotatable bonds is 4. The number of carboxylic acid groups (broad SMARTS) is 1. The number of likely N-dealkylation sites (N-methyl/N-ethyl adjacent to an activating group) is 1. The van der Waals surface area contributed by atoms with Gasteiger partial charge in [-0.1, -0.05) is 0 Å². The van der Waals surface area contributed by atoms with E-state index in [1.165, 1.54) is 0 Å². The minimum Gasteiger partial charge on any atom is -0.478 e. The van der Waals surface area contributed by atoms with Gasteiger partial charge in [0.05, 0.1) is 10.5 Å². The van der Waals surface area contributed by atoms with Gasteiger partial charge in [0.2, 0.25) is 11.7 Å². The summed E-state index contributed by atoms with van der Waals surface area (Å²) in [5.74, 6) is -1.24. The van der Waals surface area contributed by atoms with E-state index in [2.05, 4.69) is 10.3 Å². The van der Waals surface area contributed by atoms with Crippen molar-refractivity contribution in [2.75, 3.05) is 18.9 Å². The molecule has 1 aliphatic heterocycles. The van der Waals surface area contributed by atoms with Crippen molar-refractivity contribution in [1.29, 1.82) is 0 Å². The van der Waals surface area contributed by atoms with Gasteiger partial charge in [-0.05, 0) is 6.42 Å². The first-order chi connectivity index (χ1) is 9.88. The second-order valence-electron chi connectivity index (χ2n) is 4.81. The topological polar surface area (TPSA) is 126 Å². The molecule has 1 atom stereocenters. The highest BCUT2D eigenvalue weighted by Gasteiger charge is 2.26. The second kappa shape index (κ2) is 5.73. The number of nitrogens with one attached hydrogen (secondary N) is 1. The highest BCUT2D eigenvalue weighted by atomic mass is 16.6. The number of aromatic carboxylic acids is 1. The molecule has 2 N–H and O–H groups in total. The summed E-state index contributed by atoms with van der Waals surface area (Å²) in [7, 11) is 1.66. The van der Waals surface area contributed by atoms with E-state index >= 15 is 0 Å². The number of carbonyl (C=O) groups excluding carboxylic acids is 1. The summed E-state index contributed by atoms with van der Waals surface area (Å²) >= 11 is 0. The first kappa shape index (κ1) is 14.7. The third kappa shape index (κ3) is 3.25. The van der Waals surface area contributed by atoms with Gasteiger partial charge < -0.3 is 15.3 Å². The van der Waals surface area contributed by atoms with Crippen LogP contribution in [0.25, 0.3) is 0 Å². The van der Waals surface area contributed by atoms with Gasteiger partial charge in [0, 0.05) is 38.3 Å². The molecular weight excluding hydrogens is 280 g/mol. The Hall–Kier alpha value is -2.71. The number of hydrogen-bond donors (Lipinski definition) is 2. The smallest absolute Gasteiger partial charge is 0.337 e. The lowest BCUT2D eigenvalue weighted by atomic mass is 10.1. The lowest BCUT2D eigenvalue weighted by Gasteiger charge is -2.30. The Kier molecular flexibility index (Phi) is 4.01. The number of likely N-dealkylation sites (tertiary alicyclic amines) is 1. The Labute approximate surface area is 119 Å². The summed E-state index contributed by atoms with van der Waals surface area (Å²) in [6.07, 6.45) is 1.97. The number of aromatic nitrogens is 1. The number of pyridine rings is 1. The number of piperidine rings is 1. The Morgan fingerprint density at radius 2 is 2.33 bits per heavy atom. The van der Waals surface area contributed by atoms with Crippen LogP contribution in [0.3, 0.4) is 0 Å². The van der Waals surface area contributed by atoms with Crippen LogP contribution < -0.4 is 5.32 Å². The van der Waals surface area contributed by atoms with Crippen LogP contribution in [-0.2, 0) is 4.79 Å². The maximum atomic E-state index is 11.4. The number of anilines is 1. The third-order valence-corrected chi connectivity index (χ3v) is 3.28. The molecule has 112 valence electrons. The van der Waals surface area contributed by atoms with Crippen LogP contribution in [0.15, 0.2) is 12.3 Å². The Bertz CT molecular complexity index is 603. The molecular formula is C12H14N4O5. The van der Waals surface area contributed by atoms with Crippen molar-refractivity contribution in [3.05, 3.63) is 27.9 Å². The summed E-state index contributed by atoms with van der Waals surface area (Å²) < 4.78 is 0. The predicted molar refractivity (Wildman–Crippen MR) is 72.1 cm³/mol. The van der Waals surface area contributed by atoms with Gasteiger partial charge in [0.25, 0.3) is 0 Å². The quantitative estimate of drug-likeness (QED) is 0.619. The summed E-state index contributed by atoms with van der Waals surface area (Å²) in [6, 6.07) is 0.810. The Balaban J connectivity index is 2.21. The average molecular weight is 294 g/mol. The van der Waals surface area contributed by atoms with Crippen LogP contribution in [0.5, 0.6) is 0 Å². The van der Waals surface area contributed by atoms with E-state index in [0.717, 1.165) is 12.3 Å². The number of nitro groups is 1. The van der Waals surface area contributed by atoms with E-state index in [1.807, 2.05) is 0 Å². The van der Waals surface area contributed by atoms with Crippen molar-refractivity contribution in [1.82, 2.24) is 9.88 Å². The fourth-order valence-corrected chi connectivity index (χ4v) is 2.14. The molecule has 0 saturated carbocycles. The fourth-order valence-electron chi connectivity index (χ4n) is 2.14. The Morgan fingerprint density at radius 3 is 2.90 bits per heavy atom. The summed E-state index contributed by atoms with van der Waals surface area (Å²) in [6.45, 7) is 0.415. The van der Waals surface area contributed by atoms with Crippen LogP contribution in [0.2, 0.25) is 0 Å². The van der Waals surface area contributed by atoms with Crippen molar-refractivity contribution >= 4 is 23.4 Å². The third-order valence-electron chi connectivity index (χ3n) is 3.28. The highest BCUT2D eigenvalue weighted by Crippen LogP contribution is 2.25. The molecule has 1 amide bonds. The molecule has 1 aromatic rings. The Morgan fingerprint density at radius 1 is 1.62 bits per heavy atom. The molecule has 9 nitrogen and oxygen atoms in total. The van der Waals surface area contributed by atoms with E-state index < -0.39 is 16.6 Å². The zero-order valence-electron chi connectivity index (χ0n) is 11.3. The maximum Gasteiger partial charge on any atom is 0.337 e. The molecule has 9 heteroatoms. The predicted octanol–water partition coefficient (Wildman–Crippen LogP) is 0.721. The first-order valence-electron chi connectivity index (χ1n) is 6.26. The van der Waals surface area contributed by atoms with E-state index in [9.17, 15) is 19.7 Å².